The lowest BCUT2D eigenvalue weighted by molar-refractivity contribution is -0.00546. The number of hydrogen-bond acceptors (Lipinski definition) is 4. The molecule has 26 heavy (non-hydrogen) atoms. The SMILES string of the molecule is c1cc2c(cc1C13CC4CC(CC(C4)C1)C3)OCCOCCOCCO2. The summed E-state index contributed by atoms with van der Waals surface area (Å²) in [4.78, 5) is 0. The van der Waals surface area contributed by atoms with Gasteiger partial charge in [0.15, 0.2) is 11.5 Å². The largest absolute Gasteiger partial charge is 0.487 e. The molecule has 0 aromatic heterocycles. The van der Waals surface area contributed by atoms with E-state index in [0.29, 0.717) is 45.1 Å². The fraction of sp³-hybridized carbons (Fsp3) is 0.727. The number of hydrogen-bond donors (Lipinski definition) is 0. The Balaban J connectivity index is 1.41. The zero-order valence-corrected chi connectivity index (χ0v) is 15.6. The molecular weight excluding hydrogens is 328 g/mol. The second-order valence-corrected chi connectivity index (χ2v) is 8.78. The molecule has 0 atom stereocenters. The van der Waals surface area contributed by atoms with E-state index in [0.717, 1.165) is 29.3 Å². The highest BCUT2D eigenvalue weighted by molar-refractivity contribution is 5.46. The first kappa shape index (κ1) is 16.9. The van der Waals surface area contributed by atoms with Crippen LogP contribution in [-0.4, -0.2) is 39.6 Å². The molecule has 4 aliphatic carbocycles. The van der Waals surface area contributed by atoms with E-state index in [2.05, 4.69) is 18.2 Å². The van der Waals surface area contributed by atoms with Gasteiger partial charge in [-0.1, -0.05) is 6.07 Å². The summed E-state index contributed by atoms with van der Waals surface area (Å²) in [5, 5.41) is 0. The minimum Gasteiger partial charge on any atom is -0.487 e. The van der Waals surface area contributed by atoms with E-state index in [1.54, 1.807) is 0 Å². The van der Waals surface area contributed by atoms with Gasteiger partial charge in [0.25, 0.3) is 0 Å². The predicted octanol–water partition coefficient (Wildman–Crippen LogP) is 3.96. The summed E-state index contributed by atoms with van der Waals surface area (Å²) in [7, 11) is 0. The van der Waals surface area contributed by atoms with E-state index in [1.165, 1.54) is 44.1 Å². The third kappa shape index (κ3) is 3.22. The van der Waals surface area contributed by atoms with Crippen molar-refractivity contribution in [2.24, 2.45) is 17.8 Å². The van der Waals surface area contributed by atoms with Crippen molar-refractivity contribution in [1.82, 2.24) is 0 Å². The first-order chi connectivity index (χ1) is 12.8. The lowest BCUT2D eigenvalue weighted by atomic mass is 9.48. The lowest BCUT2D eigenvalue weighted by Gasteiger charge is -2.57. The molecule has 4 fully saturated rings. The molecule has 0 saturated heterocycles. The first-order valence-electron chi connectivity index (χ1n) is 10.4. The van der Waals surface area contributed by atoms with Gasteiger partial charge in [0.2, 0.25) is 0 Å². The number of benzene rings is 1. The third-order valence-corrected chi connectivity index (χ3v) is 6.94. The number of fused-ring (bicyclic) bond motifs is 1. The summed E-state index contributed by atoms with van der Waals surface area (Å²) < 4.78 is 23.1. The molecule has 1 aromatic carbocycles. The van der Waals surface area contributed by atoms with Gasteiger partial charge >= 0.3 is 0 Å². The van der Waals surface area contributed by atoms with E-state index >= 15 is 0 Å². The Morgan fingerprint density at radius 3 is 1.81 bits per heavy atom. The van der Waals surface area contributed by atoms with Gasteiger partial charge in [-0.3, -0.25) is 0 Å². The molecule has 1 heterocycles. The quantitative estimate of drug-likeness (QED) is 0.761. The maximum absolute atomic E-state index is 6.07. The van der Waals surface area contributed by atoms with Crippen molar-refractivity contribution in [3.63, 3.8) is 0 Å². The topological polar surface area (TPSA) is 36.9 Å². The smallest absolute Gasteiger partial charge is 0.161 e. The van der Waals surface area contributed by atoms with Crippen LogP contribution in [-0.2, 0) is 14.9 Å². The van der Waals surface area contributed by atoms with Crippen molar-refractivity contribution >= 4 is 0 Å². The Kier molecular flexibility index (Phi) is 4.57. The van der Waals surface area contributed by atoms with Crippen LogP contribution in [0.2, 0.25) is 0 Å². The van der Waals surface area contributed by atoms with Gasteiger partial charge in [0.05, 0.1) is 26.4 Å². The lowest BCUT2D eigenvalue weighted by Crippen LogP contribution is -2.48. The van der Waals surface area contributed by atoms with Crippen molar-refractivity contribution < 1.29 is 18.9 Å². The fourth-order valence-corrected chi connectivity index (χ4v) is 6.28. The van der Waals surface area contributed by atoms with Gasteiger partial charge in [0, 0.05) is 0 Å². The Hall–Kier alpha value is -1.26. The average Bonchev–Trinajstić information content (AvgIpc) is 2.61. The second-order valence-electron chi connectivity index (χ2n) is 8.78. The third-order valence-electron chi connectivity index (χ3n) is 6.94. The molecule has 0 unspecified atom stereocenters. The monoisotopic (exact) mass is 358 g/mol. The van der Waals surface area contributed by atoms with Gasteiger partial charge in [-0.05, 0) is 79.4 Å². The van der Waals surface area contributed by atoms with Crippen LogP contribution in [0.15, 0.2) is 18.2 Å². The molecule has 5 aliphatic rings. The van der Waals surface area contributed by atoms with Crippen LogP contribution in [0.1, 0.15) is 44.1 Å². The molecule has 0 spiro atoms. The zero-order valence-electron chi connectivity index (χ0n) is 15.6. The molecule has 4 heteroatoms. The number of ether oxygens (including phenoxy) is 4. The van der Waals surface area contributed by atoms with Gasteiger partial charge in [-0.15, -0.1) is 0 Å². The van der Waals surface area contributed by atoms with Crippen LogP contribution in [0.5, 0.6) is 11.5 Å². The first-order valence-corrected chi connectivity index (χ1v) is 10.4. The van der Waals surface area contributed by atoms with Crippen molar-refractivity contribution in [3.05, 3.63) is 23.8 Å². The van der Waals surface area contributed by atoms with Crippen LogP contribution in [0.3, 0.4) is 0 Å². The van der Waals surface area contributed by atoms with Gasteiger partial charge in [-0.25, -0.2) is 0 Å². The Morgan fingerprint density at radius 2 is 1.19 bits per heavy atom. The van der Waals surface area contributed by atoms with E-state index in [4.69, 9.17) is 18.9 Å². The standard InChI is InChI=1S/C22H30O4/c1-2-20-21(26-8-6-24-4-3-23-5-7-25-20)12-19(1)22-13-16-9-17(14-22)11-18(10-16)15-22/h1-2,12,16-18H,3-11,13-15H2. The maximum atomic E-state index is 6.07. The molecule has 0 N–H and O–H groups in total. The Labute approximate surface area is 156 Å². The van der Waals surface area contributed by atoms with Gasteiger partial charge in [-0.2, -0.15) is 0 Å². The van der Waals surface area contributed by atoms with Crippen LogP contribution in [0.4, 0.5) is 0 Å². The van der Waals surface area contributed by atoms with Crippen molar-refractivity contribution in [1.29, 1.82) is 0 Å². The number of rotatable bonds is 1. The molecule has 1 aromatic rings. The van der Waals surface area contributed by atoms with Crippen LogP contribution in [0.25, 0.3) is 0 Å². The molecule has 142 valence electrons. The summed E-state index contributed by atoms with van der Waals surface area (Å²) >= 11 is 0. The predicted molar refractivity (Wildman–Crippen MR) is 98.9 cm³/mol. The molecule has 0 radical (unpaired) electrons. The second kappa shape index (κ2) is 7.05. The minimum absolute atomic E-state index is 0.385. The van der Waals surface area contributed by atoms with E-state index in [-0.39, 0.29) is 0 Å². The summed E-state index contributed by atoms with van der Waals surface area (Å²) in [5.41, 5.74) is 1.86. The van der Waals surface area contributed by atoms with Crippen molar-refractivity contribution in [3.8, 4) is 11.5 Å². The molecule has 4 bridgehead atoms. The van der Waals surface area contributed by atoms with E-state index < -0.39 is 0 Å². The highest BCUT2D eigenvalue weighted by Crippen LogP contribution is 2.61. The average molecular weight is 358 g/mol. The summed E-state index contributed by atoms with van der Waals surface area (Å²) in [5.74, 6) is 4.56. The molecule has 6 rings (SSSR count). The van der Waals surface area contributed by atoms with Crippen LogP contribution in [0, 0.1) is 17.8 Å². The fourth-order valence-electron chi connectivity index (χ4n) is 6.28. The van der Waals surface area contributed by atoms with E-state index in [1.807, 2.05) is 0 Å². The van der Waals surface area contributed by atoms with Gasteiger partial charge in [0.1, 0.15) is 13.2 Å². The molecular formula is C22H30O4. The minimum atomic E-state index is 0.385. The highest BCUT2D eigenvalue weighted by Gasteiger charge is 2.51. The molecule has 4 nitrogen and oxygen atoms in total. The summed E-state index contributed by atoms with van der Waals surface area (Å²) in [6, 6.07) is 6.70. The Bertz CT molecular complexity index is 606. The summed E-state index contributed by atoms with van der Waals surface area (Å²) in [6.45, 7) is 3.50. The van der Waals surface area contributed by atoms with Crippen molar-refractivity contribution in [2.75, 3.05) is 39.6 Å². The van der Waals surface area contributed by atoms with E-state index in [9.17, 15) is 0 Å². The highest BCUT2D eigenvalue weighted by atomic mass is 16.6. The molecule has 0 amide bonds. The zero-order chi connectivity index (χ0) is 17.4. The molecule has 1 aliphatic heterocycles. The van der Waals surface area contributed by atoms with Gasteiger partial charge < -0.3 is 18.9 Å². The molecule has 4 saturated carbocycles. The maximum Gasteiger partial charge on any atom is 0.161 e. The van der Waals surface area contributed by atoms with Crippen LogP contribution >= 0.6 is 0 Å². The normalized spacial score (nSPS) is 37.0. The van der Waals surface area contributed by atoms with Crippen LogP contribution < -0.4 is 9.47 Å². The summed E-state index contributed by atoms with van der Waals surface area (Å²) in [6.07, 6.45) is 8.53. The van der Waals surface area contributed by atoms with Crippen molar-refractivity contribution in [2.45, 2.75) is 43.9 Å². The Morgan fingerprint density at radius 1 is 0.654 bits per heavy atom.